The van der Waals surface area contributed by atoms with Crippen molar-refractivity contribution in [1.82, 2.24) is 4.98 Å². The van der Waals surface area contributed by atoms with E-state index in [-0.39, 0.29) is 6.04 Å². The van der Waals surface area contributed by atoms with Crippen molar-refractivity contribution in [3.05, 3.63) is 30.1 Å². The Morgan fingerprint density at radius 1 is 1.15 bits per heavy atom. The van der Waals surface area contributed by atoms with Gasteiger partial charge in [0, 0.05) is 18.4 Å². The number of nitrogens with zero attached hydrogens (tertiary/aromatic N) is 1. The second-order valence-electron chi connectivity index (χ2n) is 7.85. The van der Waals surface area contributed by atoms with Crippen molar-refractivity contribution in [2.75, 3.05) is 0 Å². The minimum absolute atomic E-state index is 0.178. The van der Waals surface area contributed by atoms with Gasteiger partial charge in [0.25, 0.3) is 0 Å². The average molecular weight is 270 g/mol. The van der Waals surface area contributed by atoms with Crippen LogP contribution in [0.3, 0.4) is 0 Å². The molecule has 1 atom stereocenters. The van der Waals surface area contributed by atoms with Crippen LogP contribution in [-0.4, -0.2) is 4.98 Å². The molecule has 1 unspecified atom stereocenters. The molecule has 2 N–H and O–H groups in total. The van der Waals surface area contributed by atoms with E-state index in [9.17, 15) is 0 Å². The average Bonchev–Trinajstić information content (AvgIpc) is 2.44. The van der Waals surface area contributed by atoms with Gasteiger partial charge >= 0.3 is 0 Å². The van der Waals surface area contributed by atoms with Crippen molar-refractivity contribution >= 4 is 0 Å². The van der Waals surface area contributed by atoms with Gasteiger partial charge in [0.05, 0.1) is 0 Å². The van der Waals surface area contributed by atoms with Crippen LogP contribution < -0.4 is 5.73 Å². The lowest BCUT2D eigenvalue weighted by atomic mass is 9.48. The van der Waals surface area contributed by atoms with Crippen molar-refractivity contribution < 1.29 is 0 Å². The number of rotatable bonds is 4. The first-order chi connectivity index (χ1) is 9.72. The van der Waals surface area contributed by atoms with Crippen LogP contribution in [0.2, 0.25) is 0 Å². The van der Waals surface area contributed by atoms with Gasteiger partial charge in [-0.3, -0.25) is 4.98 Å². The van der Waals surface area contributed by atoms with E-state index in [1.807, 2.05) is 18.5 Å². The van der Waals surface area contributed by atoms with Crippen LogP contribution in [0.5, 0.6) is 0 Å². The fourth-order valence-corrected chi connectivity index (χ4v) is 5.82. The number of aromatic nitrogens is 1. The Hall–Kier alpha value is -0.890. The molecule has 1 heterocycles. The van der Waals surface area contributed by atoms with E-state index in [1.165, 1.54) is 50.5 Å². The lowest BCUT2D eigenvalue weighted by Gasteiger charge is -2.57. The topological polar surface area (TPSA) is 38.9 Å². The standard InChI is InChI=1S/C18H26N2/c19-17(16-2-1-5-20-12-16)3-4-18-9-13-6-14(10-18)8-15(7-13)11-18/h1-2,5,12-15,17H,3-4,6-11,19H2. The Morgan fingerprint density at radius 2 is 1.80 bits per heavy atom. The predicted octanol–water partition coefficient (Wildman–Crippen LogP) is 4.08. The largest absolute Gasteiger partial charge is 0.324 e. The zero-order chi connectivity index (χ0) is 13.6. The summed E-state index contributed by atoms with van der Waals surface area (Å²) in [6.07, 6.45) is 15.3. The molecule has 108 valence electrons. The summed E-state index contributed by atoms with van der Waals surface area (Å²) >= 11 is 0. The number of hydrogen-bond donors (Lipinski definition) is 1. The molecule has 4 aliphatic rings. The highest BCUT2D eigenvalue weighted by molar-refractivity contribution is 5.13. The van der Waals surface area contributed by atoms with E-state index in [0.29, 0.717) is 5.41 Å². The monoisotopic (exact) mass is 270 g/mol. The summed E-state index contributed by atoms with van der Waals surface area (Å²) in [6, 6.07) is 4.30. The van der Waals surface area contributed by atoms with Crippen molar-refractivity contribution in [2.45, 2.75) is 57.4 Å². The molecule has 0 aliphatic heterocycles. The molecule has 2 heteroatoms. The number of pyridine rings is 1. The smallest absolute Gasteiger partial charge is 0.0315 e. The first kappa shape index (κ1) is 12.8. The van der Waals surface area contributed by atoms with Crippen LogP contribution in [0.15, 0.2) is 24.5 Å². The summed E-state index contributed by atoms with van der Waals surface area (Å²) in [6.45, 7) is 0. The molecule has 4 aliphatic carbocycles. The minimum Gasteiger partial charge on any atom is -0.324 e. The maximum atomic E-state index is 6.38. The van der Waals surface area contributed by atoms with E-state index in [2.05, 4.69) is 11.1 Å². The Bertz CT molecular complexity index is 432. The van der Waals surface area contributed by atoms with E-state index in [1.54, 1.807) is 0 Å². The summed E-state index contributed by atoms with van der Waals surface area (Å²) in [7, 11) is 0. The maximum Gasteiger partial charge on any atom is 0.0315 e. The SMILES string of the molecule is NC(CCC12CC3CC(CC(C3)C1)C2)c1cccnc1. The number of hydrogen-bond acceptors (Lipinski definition) is 2. The van der Waals surface area contributed by atoms with Crippen LogP contribution in [-0.2, 0) is 0 Å². The van der Waals surface area contributed by atoms with Gasteiger partial charge in [-0.25, -0.2) is 0 Å². The molecule has 20 heavy (non-hydrogen) atoms. The van der Waals surface area contributed by atoms with Gasteiger partial charge < -0.3 is 5.73 Å². The quantitative estimate of drug-likeness (QED) is 0.895. The third kappa shape index (κ3) is 2.28. The van der Waals surface area contributed by atoms with Gasteiger partial charge in [0.2, 0.25) is 0 Å². The Labute approximate surface area is 122 Å². The molecule has 4 saturated carbocycles. The molecular weight excluding hydrogens is 244 g/mol. The van der Waals surface area contributed by atoms with Crippen LogP contribution >= 0.6 is 0 Å². The van der Waals surface area contributed by atoms with Gasteiger partial charge in [-0.1, -0.05) is 6.07 Å². The lowest BCUT2D eigenvalue weighted by Crippen LogP contribution is -2.46. The fraction of sp³-hybridized carbons (Fsp3) is 0.722. The molecule has 1 aromatic rings. The fourth-order valence-electron chi connectivity index (χ4n) is 5.82. The number of nitrogens with two attached hydrogens (primary N) is 1. The zero-order valence-corrected chi connectivity index (χ0v) is 12.3. The van der Waals surface area contributed by atoms with E-state index < -0.39 is 0 Å². The molecule has 0 saturated heterocycles. The van der Waals surface area contributed by atoms with Crippen LogP contribution in [0, 0.1) is 23.2 Å². The second-order valence-corrected chi connectivity index (χ2v) is 7.85. The van der Waals surface area contributed by atoms with Gasteiger partial charge in [-0.15, -0.1) is 0 Å². The van der Waals surface area contributed by atoms with Gasteiger partial charge in [0.1, 0.15) is 0 Å². The third-order valence-corrected chi connectivity index (χ3v) is 6.26. The molecule has 0 aromatic carbocycles. The Kier molecular flexibility index (Phi) is 3.10. The highest BCUT2D eigenvalue weighted by Gasteiger charge is 2.50. The summed E-state index contributed by atoms with van der Waals surface area (Å²) in [5.41, 5.74) is 8.25. The normalized spacial score (nSPS) is 40.0. The van der Waals surface area contributed by atoms with Gasteiger partial charge in [0.15, 0.2) is 0 Å². The summed E-state index contributed by atoms with van der Waals surface area (Å²) in [4.78, 5) is 4.20. The highest BCUT2D eigenvalue weighted by Crippen LogP contribution is 2.61. The van der Waals surface area contributed by atoms with E-state index in [4.69, 9.17) is 5.73 Å². The molecular formula is C18H26N2. The first-order valence-electron chi connectivity index (χ1n) is 8.38. The molecule has 5 rings (SSSR count). The summed E-state index contributed by atoms with van der Waals surface area (Å²) in [5, 5.41) is 0. The molecule has 0 radical (unpaired) electrons. The van der Waals surface area contributed by atoms with Crippen LogP contribution in [0.4, 0.5) is 0 Å². The molecule has 1 aromatic heterocycles. The second kappa shape index (κ2) is 4.84. The van der Waals surface area contributed by atoms with E-state index in [0.717, 1.165) is 24.2 Å². The first-order valence-corrected chi connectivity index (χ1v) is 8.38. The Morgan fingerprint density at radius 3 is 2.35 bits per heavy atom. The maximum absolute atomic E-state index is 6.38. The van der Waals surface area contributed by atoms with Crippen molar-refractivity contribution in [3.63, 3.8) is 0 Å². The summed E-state index contributed by atoms with van der Waals surface area (Å²) in [5.74, 6) is 3.16. The van der Waals surface area contributed by atoms with Crippen molar-refractivity contribution in [3.8, 4) is 0 Å². The summed E-state index contributed by atoms with van der Waals surface area (Å²) < 4.78 is 0. The lowest BCUT2D eigenvalue weighted by molar-refractivity contribution is -0.0588. The third-order valence-electron chi connectivity index (χ3n) is 6.26. The van der Waals surface area contributed by atoms with Crippen molar-refractivity contribution in [1.29, 1.82) is 0 Å². The van der Waals surface area contributed by atoms with E-state index >= 15 is 0 Å². The molecule has 0 amide bonds. The van der Waals surface area contributed by atoms with Crippen molar-refractivity contribution in [2.24, 2.45) is 28.9 Å². The zero-order valence-electron chi connectivity index (χ0n) is 12.3. The van der Waals surface area contributed by atoms with Gasteiger partial charge in [-0.2, -0.15) is 0 Å². The minimum atomic E-state index is 0.178. The van der Waals surface area contributed by atoms with Crippen LogP contribution in [0.1, 0.15) is 63.0 Å². The molecule has 0 spiro atoms. The molecule has 4 bridgehead atoms. The van der Waals surface area contributed by atoms with Gasteiger partial charge in [-0.05, 0) is 86.2 Å². The molecule has 2 nitrogen and oxygen atoms in total. The highest BCUT2D eigenvalue weighted by atomic mass is 14.7. The predicted molar refractivity (Wildman–Crippen MR) is 81.0 cm³/mol. The van der Waals surface area contributed by atoms with Crippen LogP contribution in [0.25, 0.3) is 0 Å². The molecule has 4 fully saturated rings. The Balaban J connectivity index is 1.42.